The summed E-state index contributed by atoms with van der Waals surface area (Å²) in [7, 11) is -4.02. The number of sulfonamides is 1. The van der Waals surface area contributed by atoms with Crippen LogP contribution in [-0.4, -0.2) is 23.1 Å². The molecule has 1 N–H and O–H groups in total. The Hall–Kier alpha value is -2.72. The van der Waals surface area contributed by atoms with Gasteiger partial charge >= 0.3 is 0 Å². The molecule has 140 valence electrons. The molecule has 27 heavy (non-hydrogen) atoms. The van der Waals surface area contributed by atoms with Crippen molar-refractivity contribution >= 4 is 37.5 Å². The Morgan fingerprint density at radius 1 is 1.22 bits per heavy atom. The molecule has 0 saturated heterocycles. The molecule has 2 aromatic carbocycles. The molecule has 0 atom stereocenters. The van der Waals surface area contributed by atoms with Gasteiger partial charge in [-0.3, -0.25) is 19.5 Å². The number of anilines is 1. The summed E-state index contributed by atoms with van der Waals surface area (Å²) in [6, 6.07) is 12.7. The van der Waals surface area contributed by atoms with Gasteiger partial charge in [0.25, 0.3) is 15.7 Å². The van der Waals surface area contributed by atoms with Gasteiger partial charge in [0.1, 0.15) is 0 Å². The van der Waals surface area contributed by atoms with E-state index in [9.17, 15) is 18.5 Å². The highest BCUT2D eigenvalue weighted by Gasteiger charge is 2.20. The fourth-order valence-corrected chi connectivity index (χ4v) is 3.98. The van der Waals surface area contributed by atoms with Crippen LogP contribution in [0.2, 0.25) is 0 Å². The molecule has 1 heterocycles. The van der Waals surface area contributed by atoms with Crippen LogP contribution in [0.1, 0.15) is 11.1 Å². The van der Waals surface area contributed by atoms with Crippen LogP contribution in [0.15, 0.2) is 64.1 Å². The lowest BCUT2D eigenvalue weighted by molar-refractivity contribution is -0.385. The summed E-state index contributed by atoms with van der Waals surface area (Å²) in [6.45, 7) is 2.46. The molecule has 10 heteroatoms. The number of nitro benzene ring substituents is 1. The Bertz CT molecular complexity index is 1090. The van der Waals surface area contributed by atoms with Gasteiger partial charge in [0.05, 0.1) is 20.8 Å². The lowest BCUT2D eigenvalue weighted by Crippen LogP contribution is -2.14. The van der Waals surface area contributed by atoms with Crippen molar-refractivity contribution in [1.29, 1.82) is 0 Å². The maximum atomic E-state index is 12.5. The zero-order chi connectivity index (χ0) is 19.6. The second-order valence-electron chi connectivity index (χ2n) is 5.87. The maximum Gasteiger partial charge on any atom is 0.270 e. The Kier molecular flexibility index (Phi) is 5.29. The molecular formula is C17H15BrN4O4S. The zero-order valence-corrected chi connectivity index (χ0v) is 16.6. The van der Waals surface area contributed by atoms with Crippen molar-refractivity contribution in [2.24, 2.45) is 0 Å². The third-order valence-electron chi connectivity index (χ3n) is 3.75. The molecule has 0 amide bonds. The highest BCUT2D eigenvalue weighted by molar-refractivity contribution is 9.10. The Labute approximate surface area is 164 Å². The molecule has 3 rings (SSSR count). The third-order valence-corrected chi connectivity index (χ3v) is 5.67. The molecular weight excluding hydrogens is 436 g/mol. The molecule has 0 aliphatic carbocycles. The molecule has 1 aromatic heterocycles. The van der Waals surface area contributed by atoms with Crippen LogP contribution in [0, 0.1) is 17.0 Å². The van der Waals surface area contributed by atoms with Crippen molar-refractivity contribution in [2.75, 3.05) is 4.72 Å². The second-order valence-corrected chi connectivity index (χ2v) is 8.41. The van der Waals surface area contributed by atoms with E-state index >= 15 is 0 Å². The van der Waals surface area contributed by atoms with E-state index in [1.165, 1.54) is 18.2 Å². The van der Waals surface area contributed by atoms with E-state index in [1.54, 1.807) is 10.9 Å². The highest BCUT2D eigenvalue weighted by atomic mass is 79.9. The van der Waals surface area contributed by atoms with Crippen molar-refractivity contribution in [3.8, 4) is 0 Å². The molecule has 0 radical (unpaired) electrons. The maximum absolute atomic E-state index is 12.5. The van der Waals surface area contributed by atoms with E-state index in [0.29, 0.717) is 11.0 Å². The number of hydrogen-bond donors (Lipinski definition) is 1. The molecule has 8 nitrogen and oxygen atoms in total. The number of nitrogens with zero attached hydrogens (tertiary/aromatic N) is 3. The Morgan fingerprint density at radius 2 is 1.93 bits per heavy atom. The molecule has 0 unspecified atom stereocenters. The minimum atomic E-state index is -4.02. The van der Waals surface area contributed by atoms with Crippen molar-refractivity contribution in [1.82, 2.24) is 9.78 Å². The number of nitro groups is 1. The summed E-state index contributed by atoms with van der Waals surface area (Å²) in [6.07, 6.45) is 1.66. The Balaban J connectivity index is 1.83. The third kappa shape index (κ3) is 4.52. The second kappa shape index (κ2) is 7.49. The van der Waals surface area contributed by atoms with Crippen LogP contribution in [0.5, 0.6) is 0 Å². The van der Waals surface area contributed by atoms with E-state index in [1.807, 2.05) is 31.2 Å². The van der Waals surface area contributed by atoms with Crippen molar-refractivity contribution < 1.29 is 13.3 Å². The van der Waals surface area contributed by atoms with E-state index in [-0.39, 0.29) is 16.4 Å². The number of non-ortho nitro benzene ring substituents is 1. The van der Waals surface area contributed by atoms with Crippen LogP contribution >= 0.6 is 15.9 Å². The van der Waals surface area contributed by atoms with Crippen molar-refractivity contribution in [3.63, 3.8) is 0 Å². The lowest BCUT2D eigenvalue weighted by Gasteiger charge is -2.06. The van der Waals surface area contributed by atoms with Gasteiger partial charge in [-0.15, -0.1) is 0 Å². The standard InChI is InChI=1S/C17H15BrN4O4S/c1-12-5-7-13(8-6-12)10-21-11-16(18)17(19-21)20-27(25,26)15-4-2-3-14(9-15)22(23)24/h2-9,11H,10H2,1H3,(H,19,20). The van der Waals surface area contributed by atoms with E-state index in [0.717, 1.165) is 17.2 Å². The quantitative estimate of drug-likeness (QED) is 0.454. The molecule has 0 aliphatic rings. The summed E-state index contributed by atoms with van der Waals surface area (Å²) < 4.78 is 29.5. The summed E-state index contributed by atoms with van der Waals surface area (Å²) in [5.74, 6) is 0.105. The average molecular weight is 451 g/mol. The topological polar surface area (TPSA) is 107 Å². The van der Waals surface area contributed by atoms with Crippen LogP contribution in [-0.2, 0) is 16.6 Å². The summed E-state index contributed by atoms with van der Waals surface area (Å²) >= 11 is 3.29. The smallest absolute Gasteiger partial charge is 0.265 e. The van der Waals surface area contributed by atoms with E-state index < -0.39 is 14.9 Å². The first-order valence-corrected chi connectivity index (χ1v) is 10.1. The average Bonchev–Trinajstić information content (AvgIpc) is 2.95. The summed E-state index contributed by atoms with van der Waals surface area (Å²) in [5.41, 5.74) is 1.86. The predicted octanol–water partition coefficient (Wildman–Crippen LogP) is 3.71. The molecule has 3 aromatic rings. The highest BCUT2D eigenvalue weighted by Crippen LogP contribution is 2.25. The minimum Gasteiger partial charge on any atom is -0.265 e. The zero-order valence-electron chi connectivity index (χ0n) is 14.2. The SMILES string of the molecule is Cc1ccc(Cn2cc(Br)c(NS(=O)(=O)c3cccc([N+](=O)[O-])c3)n2)cc1. The molecule has 0 saturated carbocycles. The van der Waals surface area contributed by atoms with Gasteiger partial charge in [-0.1, -0.05) is 35.9 Å². The van der Waals surface area contributed by atoms with Crippen LogP contribution < -0.4 is 4.72 Å². The number of aryl methyl sites for hydroxylation is 1. The lowest BCUT2D eigenvalue weighted by atomic mass is 10.1. The van der Waals surface area contributed by atoms with E-state index in [2.05, 4.69) is 25.8 Å². The first-order valence-electron chi connectivity index (χ1n) is 7.80. The first kappa shape index (κ1) is 19.1. The molecule has 0 spiro atoms. The monoisotopic (exact) mass is 450 g/mol. The van der Waals surface area contributed by atoms with Gasteiger partial charge < -0.3 is 0 Å². The number of benzene rings is 2. The predicted molar refractivity (Wildman–Crippen MR) is 104 cm³/mol. The number of hydrogen-bond acceptors (Lipinski definition) is 5. The van der Waals surface area contributed by atoms with Crippen LogP contribution in [0.25, 0.3) is 0 Å². The molecule has 0 bridgehead atoms. The normalized spacial score (nSPS) is 11.3. The fraction of sp³-hybridized carbons (Fsp3) is 0.118. The van der Waals surface area contributed by atoms with Gasteiger partial charge in [-0.25, -0.2) is 8.42 Å². The van der Waals surface area contributed by atoms with Gasteiger partial charge in [0.2, 0.25) is 0 Å². The number of aromatic nitrogens is 2. The first-order chi connectivity index (χ1) is 12.7. The fourth-order valence-electron chi connectivity index (χ4n) is 2.38. The van der Waals surface area contributed by atoms with Crippen molar-refractivity contribution in [3.05, 3.63) is 80.4 Å². The van der Waals surface area contributed by atoms with Gasteiger partial charge in [0, 0.05) is 18.3 Å². The largest absolute Gasteiger partial charge is 0.270 e. The van der Waals surface area contributed by atoms with Crippen LogP contribution in [0.3, 0.4) is 0 Å². The summed E-state index contributed by atoms with van der Waals surface area (Å²) in [4.78, 5) is 10.00. The number of nitrogens with one attached hydrogen (secondary N) is 1. The molecule has 0 fully saturated rings. The van der Waals surface area contributed by atoms with E-state index in [4.69, 9.17) is 0 Å². The summed E-state index contributed by atoms with van der Waals surface area (Å²) in [5, 5.41) is 15.1. The van der Waals surface area contributed by atoms with Crippen LogP contribution in [0.4, 0.5) is 11.5 Å². The minimum absolute atomic E-state index is 0.105. The van der Waals surface area contributed by atoms with Gasteiger partial charge in [0.15, 0.2) is 5.82 Å². The Morgan fingerprint density at radius 3 is 2.59 bits per heavy atom. The van der Waals surface area contributed by atoms with Crippen molar-refractivity contribution in [2.45, 2.75) is 18.4 Å². The number of rotatable bonds is 6. The molecule has 0 aliphatic heterocycles. The van der Waals surface area contributed by atoms with Gasteiger partial charge in [-0.05, 0) is 34.5 Å². The number of halogens is 1. The van der Waals surface area contributed by atoms with Gasteiger partial charge in [-0.2, -0.15) is 5.10 Å².